The summed E-state index contributed by atoms with van der Waals surface area (Å²) >= 11 is 15.9. The highest BCUT2D eigenvalue weighted by Gasteiger charge is 2.17. The molecule has 6 nitrogen and oxygen atoms in total. The Bertz CT molecular complexity index is 1770. The molecule has 0 unspecified atom stereocenters. The maximum absolute atomic E-state index is 12.8. The van der Waals surface area contributed by atoms with Crippen molar-refractivity contribution in [3.8, 4) is 30.6 Å². The fourth-order valence-corrected chi connectivity index (χ4v) is 6.76. The standard InChI is InChI=1S/C32H20Cl2N4O2S2/c33-19-7-9-23(37-31(39)25-5-1-3-15-35-25)21(17-19)27-11-13-29(41-27)30-14-12-28(42-30)22-18-20(34)8-10-24(22)38-32(40)26-6-2-4-16-36-26/h1-18H,(H,37,39)(H,38,40). The van der Waals surface area contributed by atoms with E-state index in [2.05, 4.69) is 20.6 Å². The smallest absolute Gasteiger partial charge is 0.274 e. The quantitative estimate of drug-likeness (QED) is 0.185. The Kier molecular flexibility index (Phi) is 8.12. The van der Waals surface area contributed by atoms with Gasteiger partial charge in [0.05, 0.1) is 0 Å². The molecule has 0 aliphatic heterocycles. The lowest BCUT2D eigenvalue weighted by molar-refractivity contribution is 0.101. The second-order valence-electron chi connectivity index (χ2n) is 9.05. The number of thiophene rings is 2. The molecule has 0 aliphatic carbocycles. The van der Waals surface area contributed by atoms with Crippen molar-refractivity contribution in [1.29, 1.82) is 0 Å². The summed E-state index contributed by atoms with van der Waals surface area (Å²) in [6.07, 6.45) is 3.17. The zero-order valence-corrected chi connectivity index (χ0v) is 24.8. The number of hydrogen-bond acceptors (Lipinski definition) is 6. The van der Waals surface area contributed by atoms with E-state index in [4.69, 9.17) is 23.2 Å². The van der Waals surface area contributed by atoms with E-state index in [-0.39, 0.29) is 11.8 Å². The van der Waals surface area contributed by atoms with E-state index < -0.39 is 0 Å². The van der Waals surface area contributed by atoms with E-state index in [1.165, 1.54) is 0 Å². The maximum Gasteiger partial charge on any atom is 0.274 e. The summed E-state index contributed by atoms with van der Waals surface area (Å²) in [4.78, 5) is 37.9. The van der Waals surface area contributed by atoms with Crippen molar-refractivity contribution in [3.63, 3.8) is 0 Å². The summed E-state index contributed by atoms with van der Waals surface area (Å²) in [5.41, 5.74) is 3.56. The van der Waals surface area contributed by atoms with Crippen LogP contribution in [0.3, 0.4) is 0 Å². The van der Waals surface area contributed by atoms with Gasteiger partial charge in [0.15, 0.2) is 0 Å². The van der Waals surface area contributed by atoms with Crippen molar-refractivity contribution >= 4 is 69.1 Å². The molecule has 0 saturated carbocycles. The molecule has 0 atom stereocenters. The molecule has 0 fully saturated rings. The van der Waals surface area contributed by atoms with Gasteiger partial charge in [-0.3, -0.25) is 19.6 Å². The van der Waals surface area contributed by atoms with Crippen LogP contribution in [-0.4, -0.2) is 21.8 Å². The Morgan fingerprint density at radius 1 is 0.548 bits per heavy atom. The van der Waals surface area contributed by atoms with Crippen LogP contribution in [-0.2, 0) is 0 Å². The number of aromatic nitrogens is 2. The molecule has 206 valence electrons. The second-order valence-corrected chi connectivity index (χ2v) is 12.1. The first-order valence-corrected chi connectivity index (χ1v) is 15.1. The third kappa shape index (κ3) is 6.12. The minimum atomic E-state index is -0.300. The van der Waals surface area contributed by atoms with Gasteiger partial charge < -0.3 is 10.6 Å². The van der Waals surface area contributed by atoms with Crippen molar-refractivity contribution in [2.75, 3.05) is 10.6 Å². The average molecular weight is 628 g/mol. The lowest BCUT2D eigenvalue weighted by atomic mass is 10.1. The topological polar surface area (TPSA) is 84.0 Å². The molecule has 42 heavy (non-hydrogen) atoms. The predicted molar refractivity (Wildman–Crippen MR) is 173 cm³/mol. The number of nitrogens with zero attached hydrogens (tertiary/aromatic N) is 2. The third-order valence-electron chi connectivity index (χ3n) is 6.24. The number of benzene rings is 2. The number of halogens is 2. The fourth-order valence-electron chi connectivity index (χ4n) is 4.26. The molecule has 2 N–H and O–H groups in total. The van der Waals surface area contributed by atoms with E-state index in [1.807, 2.05) is 36.4 Å². The first-order chi connectivity index (χ1) is 20.4. The summed E-state index contributed by atoms with van der Waals surface area (Å²) in [7, 11) is 0. The number of pyridine rings is 2. The van der Waals surface area contributed by atoms with E-state index in [0.29, 0.717) is 32.8 Å². The van der Waals surface area contributed by atoms with E-state index in [0.717, 1.165) is 30.6 Å². The monoisotopic (exact) mass is 626 g/mol. The molecule has 10 heteroatoms. The van der Waals surface area contributed by atoms with Gasteiger partial charge in [-0.15, -0.1) is 22.7 Å². The van der Waals surface area contributed by atoms with Crippen molar-refractivity contribution in [3.05, 3.63) is 131 Å². The Morgan fingerprint density at radius 3 is 1.38 bits per heavy atom. The Hall–Kier alpha value is -4.34. The van der Waals surface area contributed by atoms with Crippen LogP contribution < -0.4 is 10.6 Å². The van der Waals surface area contributed by atoms with Crippen LogP contribution in [0.4, 0.5) is 11.4 Å². The van der Waals surface area contributed by atoms with Crippen LogP contribution in [0, 0.1) is 0 Å². The minimum absolute atomic E-state index is 0.300. The highest BCUT2D eigenvalue weighted by atomic mass is 35.5. The molecule has 2 amide bonds. The van der Waals surface area contributed by atoms with E-state index in [1.54, 1.807) is 95.7 Å². The molecule has 4 heterocycles. The molecular weight excluding hydrogens is 607 g/mol. The Morgan fingerprint density at radius 2 is 0.976 bits per heavy atom. The number of hydrogen-bond donors (Lipinski definition) is 2. The van der Waals surface area contributed by atoms with Gasteiger partial charge in [0.25, 0.3) is 11.8 Å². The van der Waals surface area contributed by atoms with Gasteiger partial charge in [-0.1, -0.05) is 35.3 Å². The number of nitrogens with one attached hydrogen (secondary N) is 2. The van der Waals surface area contributed by atoms with Gasteiger partial charge in [0.2, 0.25) is 0 Å². The normalized spacial score (nSPS) is 10.8. The number of carbonyl (C=O) groups is 2. The molecule has 2 aromatic carbocycles. The van der Waals surface area contributed by atoms with Crippen LogP contribution in [0.5, 0.6) is 0 Å². The molecule has 0 saturated heterocycles. The lowest BCUT2D eigenvalue weighted by Crippen LogP contribution is -2.13. The average Bonchev–Trinajstić information content (AvgIpc) is 3.70. The molecule has 0 spiro atoms. The van der Waals surface area contributed by atoms with Crippen molar-refractivity contribution in [1.82, 2.24) is 9.97 Å². The zero-order valence-electron chi connectivity index (χ0n) is 21.7. The largest absolute Gasteiger partial charge is 0.320 e. The van der Waals surface area contributed by atoms with Gasteiger partial charge in [-0.25, -0.2) is 0 Å². The molecular formula is C32H20Cl2N4O2S2. The number of rotatable bonds is 7. The lowest BCUT2D eigenvalue weighted by Gasteiger charge is -2.10. The Balaban J connectivity index is 1.28. The van der Waals surface area contributed by atoms with Crippen LogP contribution in [0.2, 0.25) is 10.0 Å². The van der Waals surface area contributed by atoms with Gasteiger partial charge >= 0.3 is 0 Å². The number of anilines is 2. The first kappa shape index (κ1) is 27.8. The molecule has 6 aromatic rings. The molecule has 6 rings (SSSR count). The molecule has 4 aromatic heterocycles. The van der Waals surface area contributed by atoms with E-state index in [9.17, 15) is 9.59 Å². The Labute approximate surface area is 259 Å². The predicted octanol–water partition coefficient (Wildman–Crippen LogP) is 9.41. The number of amides is 2. The van der Waals surface area contributed by atoms with Crippen molar-refractivity contribution in [2.45, 2.75) is 0 Å². The highest BCUT2D eigenvalue weighted by molar-refractivity contribution is 7.25. The first-order valence-electron chi connectivity index (χ1n) is 12.7. The third-order valence-corrected chi connectivity index (χ3v) is 9.14. The van der Waals surface area contributed by atoms with Gasteiger partial charge in [0.1, 0.15) is 11.4 Å². The second kappa shape index (κ2) is 12.3. The van der Waals surface area contributed by atoms with E-state index >= 15 is 0 Å². The highest BCUT2D eigenvalue weighted by Crippen LogP contribution is 2.44. The van der Waals surface area contributed by atoms with Crippen LogP contribution in [0.25, 0.3) is 30.6 Å². The molecule has 0 aliphatic rings. The van der Waals surface area contributed by atoms with Crippen LogP contribution in [0.15, 0.2) is 109 Å². The summed E-state index contributed by atoms with van der Waals surface area (Å²) in [6.45, 7) is 0. The summed E-state index contributed by atoms with van der Waals surface area (Å²) in [5, 5.41) is 7.06. The van der Waals surface area contributed by atoms with Crippen LogP contribution >= 0.6 is 45.9 Å². The van der Waals surface area contributed by atoms with Gasteiger partial charge in [-0.05, 0) is 84.9 Å². The van der Waals surface area contributed by atoms with Crippen molar-refractivity contribution < 1.29 is 9.59 Å². The zero-order chi connectivity index (χ0) is 29.1. The maximum atomic E-state index is 12.8. The SMILES string of the molecule is O=C(Nc1ccc(Cl)cc1-c1ccc(-c2ccc(-c3cc(Cl)ccc3NC(=O)c3ccccn3)s2)s1)c1ccccn1. The minimum Gasteiger partial charge on any atom is -0.320 e. The van der Waals surface area contributed by atoms with Gasteiger partial charge in [0, 0.05) is 64.4 Å². The summed E-state index contributed by atoms with van der Waals surface area (Å²) in [6, 6.07) is 29.3. The molecule has 0 bridgehead atoms. The summed E-state index contributed by atoms with van der Waals surface area (Å²) in [5.74, 6) is -0.599. The van der Waals surface area contributed by atoms with Gasteiger partial charge in [-0.2, -0.15) is 0 Å². The number of carbonyl (C=O) groups excluding carboxylic acids is 2. The molecule has 0 radical (unpaired) electrons. The summed E-state index contributed by atoms with van der Waals surface area (Å²) < 4.78 is 0. The fraction of sp³-hybridized carbons (Fsp3) is 0. The van der Waals surface area contributed by atoms with Crippen molar-refractivity contribution in [2.24, 2.45) is 0 Å². The van der Waals surface area contributed by atoms with Crippen LogP contribution in [0.1, 0.15) is 21.0 Å².